The van der Waals surface area contributed by atoms with Gasteiger partial charge in [0.2, 0.25) is 0 Å². The quantitative estimate of drug-likeness (QED) is 0.169. The van der Waals surface area contributed by atoms with Crippen LogP contribution in [0.2, 0.25) is 0 Å². The minimum Gasteiger partial charge on any atom is -0.135 e. The van der Waals surface area contributed by atoms with Gasteiger partial charge >= 0.3 is 0 Å². The van der Waals surface area contributed by atoms with Gasteiger partial charge in [0.15, 0.2) is 0 Å². The van der Waals surface area contributed by atoms with Gasteiger partial charge in [-0.3, -0.25) is 0 Å². The summed E-state index contributed by atoms with van der Waals surface area (Å²) in [5.74, 6) is 0. The molecule has 274 valence electrons. The molecule has 1 aliphatic carbocycles. The molecule has 3 nitrogen and oxygen atoms in total. The number of aromatic nitrogens is 3. The Morgan fingerprint density at radius 2 is 0.966 bits per heavy atom. The molecule has 2 aromatic heterocycles. The van der Waals surface area contributed by atoms with Gasteiger partial charge in [0.05, 0.1) is 0 Å². The molecule has 0 N–H and O–H groups in total. The van der Waals surface area contributed by atoms with Gasteiger partial charge < -0.3 is 0 Å². The van der Waals surface area contributed by atoms with Crippen molar-refractivity contribution >= 4 is 31.5 Å². The summed E-state index contributed by atoms with van der Waals surface area (Å²) in [6.45, 7) is 4.65. The molecule has 4 heteroatoms. The monoisotopic (exact) mass is 759 g/mol. The lowest BCUT2D eigenvalue weighted by molar-refractivity contribution is 0.879. The van der Waals surface area contributed by atoms with Crippen LogP contribution in [0, 0.1) is 13.8 Å². The fourth-order valence-electron chi connectivity index (χ4n) is 9.38. The van der Waals surface area contributed by atoms with Crippen LogP contribution >= 0.6 is 11.3 Å². The third kappa shape index (κ3) is 5.37. The van der Waals surface area contributed by atoms with Gasteiger partial charge in [-0.15, -0.1) is 21.5 Å². The van der Waals surface area contributed by atoms with E-state index in [1.54, 1.807) is 0 Å². The van der Waals surface area contributed by atoms with Gasteiger partial charge in [0.25, 0.3) is 0 Å². The first-order chi connectivity index (χ1) is 28.7. The summed E-state index contributed by atoms with van der Waals surface area (Å²) < 4.78 is 2.54. The topological polar surface area (TPSA) is 38.7 Å². The van der Waals surface area contributed by atoms with E-state index in [9.17, 15) is 0 Å². The van der Waals surface area contributed by atoms with E-state index in [1.165, 1.54) is 81.4 Å². The first-order valence-electron chi connectivity index (χ1n) is 19.8. The Morgan fingerprint density at radius 3 is 1.71 bits per heavy atom. The molecule has 8 aromatic carbocycles. The van der Waals surface area contributed by atoms with Crippen molar-refractivity contribution in [1.29, 1.82) is 0 Å². The second kappa shape index (κ2) is 13.9. The summed E-state index contributed by atoms with van der Waals surface area (Å²) in [4.78, 5) is 0. The summed E-state index contributed by atoms with van der Waals surface area (Å²) in [5.41, 5.74) is 21.2. The largest absolute Gasteiger partial charge is 0.135 e. The number of hydrogen-bond donors (Lipinski definition) is 0. The Kier molecular flexibility index (Phi) is 8.19. The molecule has 58 heavy (non-hydrogen) atoms. The first-order valence-corrected chi connectivity index (χ1v) is 20.7. The normalized spacial score (nSPS) is 11.9. The molecule has 10 aromatic rings. The zero-order valence-corrected chi connectivity index (χ0v) is 33.0. The molecule has 11 rings (SSSR count). The van der Waals surface area contributed by atoms with E-state index < -0.39 is 0 Å². The molecular weight excluding hydrogens is 723 g/mol. The molecule has 0 radical (unpaired) electrons. The smallest absolute Gasteiger partial charge is 0.105 e. The number of nitrogens with zero attached hydrogens (tertiary/aromatic N) is 3. The van der Waals surface area contributed by atoms with Crippen LogP contribution in [0.25, 0.3) is 98.3 Å². The predicted molar refractivity (Wildman–Crippen MR) is 243 cm³/mol. The van der Waals surface area contributed by atoms with Crippen LogP contribution in [0.1, 0.15) is 22.3 Å². The minimum absolute atomic E-state index is 0.808. The van der Waals surface area contributed by atoms with Crippen molar-refractivity contribution in [3.63, 3.8) is 0 Å². The Balaban J connectivity index is 1.27. The van der Waals surface area contributed by atoms with Gasteiger partial charge in [0, 0.05) is 36.9 Å². The molecule has 0 spiro atoms. The lowest BCUT2D eigenvalue weighted by Gasteiger charge is -2.24. The minimum atomic E-state index is 0.808. The summed E-state index contributed by atoms with van der Waals surface area (Å²) in [5, 5.41) is 16.7. The summed E-state index contributed by atoms with van der Waals surface area (Å²) in [7, 11) is 0. The Hall–Kier alpha value is -7.01. The lowest BCUT2D eigenvalue weighted by Crippen LogP contribution is -2.03. The fraction of sp³-hybridized carbons (Fsp3) is 0.0556. The highest BCUT2D eigenvalue weighted by atomic mass is 32.1. The molecule has 0 amide bonds. The highest BCUT2D eigenvalue weighted by Crippen LogP contribution is 2.54. The van der Waals surface area contributed by atoms with Gasteiger partial charge in [-0.2, -0.15) is 0 Å². The molecule has 1 aliphatic rings. The predicted octanol–water partition coefficient (Wildman–Crippen LogP) is 14.4. The number of fused-ring (bicyclic) bond motifs is 6. The second-order valence-corrected chi connectivity index (χ2v) is 16.2. The molecule has 0 saturated carbocycles. The highest BCUT2D eigenvalue weighted by Gasteiger charge is 2.31. The number of thiophene rings is 1. The molecular formula is C54H37N3S. The van der Waals surface area contributed by atoms with Crippen LogP contribution in [-0.2, 0) is 6.42 Å². The third-order valence-corrected chi connectivity index (χ3v) is 13.2. The van der Waals surface area contributed by atoms with E-state index in [0.717, 1.165) is 45.6 Å². The van der Waals surface area contributed by atoms with E-state index in [0.29, 0.717) is 0 Å². The van der Waals surface area contributed by atoms with Crippen LogP contribution < -0.4 is 0 Å². The van der Waals surface area contributed by atoms with Crippen LogP contribution in [0.3, 0.4) is 0 Å². The summed E-state index contributed by atoms with van der Waals surface area (Å²) >= 11 is 1.86. The molecule has 0 unspecified atom stereocenters. The summed E-state index contributed by atoms with van der Waals surface area (Å²) in [6.07, 6.45) is 0.875. The van der Waals surface area contributed by atoms with Crippen LogP contribution in [0.5, 0.6) is 0 Å². The number of benzene rings is 8. The molecule has 0 aliphatic heterocycles. The third-order valence-electron chi connectivity index (χ3n) is 12.0. The van der Waals surface area contributed by atoms with Crippen molar-refractivity contribution in [2.24, 2.45) is 0 Å². The van der Waals surface area contributed by atoms with Crippen LogP contribution in [0.4, 0.5) is 0 Å². The maximum atomic E-state index is 4.93. The zero-order chi connectivity index (χ0) is 38.7. The van der Waals surface area contributed by atoms with Crippen LogP contribution in [0.15, 0.2) is 176 Å². The maximum Gasteiger partial charge on any atom is 0.105 e. The Labute approximate surface area is 342 Å². The van der Waals surface area contributed by atoms with Crippen molar-refractivity contribution in [3.05, 3.63) is 198 Å². The van der Waals surface area contributed by atoms with Crippen LogP contribution in [-0.4, -0.2) is 15.4 Å². The van der Waals surface area contributed by atoms with E-state index in [-0.39, 0.29) is 0 Å². The SMILES string of the molecule is Cc1c(C)c(-c2ccccc2)c2c(c1-c1ccc3sc4ccccc4c3c1-c1ccccc1-c1nnnc(-c3ccccc3)c1-c1ccccc1)Cc1ccccc1-2. The standard InChI is InChI=1S/C54H37N3S/c1-33-34(2)48(44-32-38-24-12-13-25-39(38)50(44)47(33)35-18-6-3-7-19-35)43-30-31-46-52(42-28-16-17-29-45(42)58-46)51(43)40-26-14-15-27-41(40)54-49(36-20-8-4-9-21-36)53(55-57-56-54)37-22-10-5-11-23-37/h3-31H,32H2,1-2H3. The molecule has 0 saturated heterocycles. The highest BCUT2D eigenvalue weighted by molar-refractivity contribution is 7.26. The van der Waals surface area contributed by atoms with E-state index >= 15 is 0 Å². The number of hydrogen-bond acceptors (Lipinski definition) is 4. The van der Waals surface area contributed by atoms with Crippen molar-refractivity contribution in [2.45, 2.75) is 20.3 Å². The van der Waals surface area contributed by atoms with Crippen molar-refractivity contribution < 1.29 is 0 Å². The van der Waals surface area contributed by atoms with E-state index in [4.69, 9.17) is 10.2 Å². The molecule has 0 bridgehead atoms. The van der Waals surface area contributed by atoms with Crippen molar-refractivity contribution in [2.75, 3.05) is 0 Å². The second-order valence-electron chi connectivity index (χ2n) is 15.2. The molecule has 2 heterocycles. The fourth-order valence-corrected chi connectivity index (χ4v) is 10.5. The average molecular weight is 760 g/mol. The van der Waals surface area contributed by atoms with Crippen molar-refractivity contribution in [3.8, 4) is 78.1 Å². The van der Waals surface area contributed by atoms with E-state index in [2.05, 4.69) is 189 Å². The Bertz CT molecular complexity index is 3200. The Morgan fingerprint density at radius 1 is 0.397 bits per heavy atom. The van der Waals surface area contributed by atoms with Crippen molar-refractivity contribution in [1.82, 2.24) is 15.4 Å². The van der Waals surface area contributed by atoms with E-state index in [1.807, 2.05) is 17.4 Å². The van der Waals surface area contributed by atoms with Gasteiger partial charge in [-0.25, -0.2) is 0 Å². The maximum absolute atomic E-state index is 4.93. The van der Waals surface area contributed by atoms with Gasteiger partial charge in [-0.05, 0) is 110 Å². The van der Waals surface area contributed by atoms with Gasteiger partial charge in [0.1, 0.15) is 11.4 Å². The average Bonchev–Trinajstić information content (AvgIpc) is 3.86. The lowest BCUT2D eigenvalue weighted by atomic mass is 9.79. The molecule has 0 atom stereocenters. The summed E-state index contributed by atoms with van der Waals surface area (Å²) in [6, 6.07) is 63.2. The first kappa shape index (κ1) is 34.3. The number of rotatable bonds is 6. The van der Waals surface area contributed by atoms with Gasteiger partial charge in [-0.1, -0.05) is 164 Å². The molecule has 0 fully saturated rings. The zero-order valence-electron chi connectivity index (χ0n) is 32.2.